The quantitative estimate of drug-likeness (QED) is 0.406. The number of hydrogen-bond acceptors (Lipinski definition) is 5. The van der Waals surface area contributed by atoms with Gasteiger partial charge in [0.2, 0.25) is 0 Å². The Morgan fingerprint density at radius 2 is 1.79 bits per heavy atom. The molecule has 1 aliphatic heterocycles. The van der Waals surface area contributed by atoms with Crippen LogP contribution in [0.3, 0.4) is 0 Å². The van der Waals surface area contributed by atoms with Crippen LogP contribution < -0.4 is 15.4 Å². The van der Waals surface area contributed by atoms with E-state index in [1.54, 1.807) is 19.1 Å². The molecule has 0 fully saturated rings. The Hall–Kier alpha value is -4.46. The number of halogens is 2. The van der Waals surface area contributed by atoms with Gasteiger partial charge in [0.1, 0.15) is 11.6 Å². The first kappa shape index (κ1) is 25.2. The van der Waals surface area contributed by atoms with Crippen LogP contribution in [0, 0.1) is 11.6 Å². The molecule has 194 valence electrons. The van der Waals surface area contributed by atoms with Crippen molar-refractivity contribution in [1.82, 2.24) is 5.32 Å². The minimum atomic E-state index is -0.914. The van der Waals surface area contributed by atoms with E-state index in [1.165, 1.54) is 13.2 Å². The first-order chi connectivity index (χ1) is 18.3. The van der Waals surface area contributed by atoms with Crippen molar-refractivity contribution in [3.63, 3.8) is 0 Å². The predicted molar refractivity (Wildman–Crippen MR) is 139 cm³/mol. The number of benzene rings is 3. The molecule has 2 unspecified atom stereocenters. The van der Waals surface area contributed by atoms with E-state index >= 15 is 0 Å². The van der Waals surface area contributed by atoms with Gasteiger partial charge in [-0.3, -0.25) is 9.59 Å². The van der Waals surface area contributed by atoms with E-state index in [2.05, 4.69) is 10.6 Å². The molecule has 1 aliphatic carbocycles. The van der Waals surface area contributed by atoms with E-state index in [4.69, 9.17) is 4.74 Å². The highest BCUT2D eigenvalue weighted by atomic mass is 19.1. The zero-order valence-corrected chi connectivity index (χ0v) is 20.8. The molecular weight excluding hydrogens is 490 g/mol. The highest BCUT2D eigenvalue weighted by molar-refractivity contribution is 6.10. The third-order valence-corrected chi connectivity index (χ3v) is 7.06. The fourth-order valence-electron chi connectivity index (χ4n) is 5.29. The molecule has 8 heteroatoms. The smallest absolute Gasteiger partial charge is 0.254 e. The number of phenolic OH excluding ortho intramolecular Hbond substituents is 1. The minimum absolute atomic E-state index is 0.0264. The van der Waals surface area contributed by atoms with Crippen LogP contribution in [0.15, 0.2) is 89.3 Å². The lowest BCUT2D eigenvalue weighted by molar-refractivity contribution is -0.116. The lowest BCUT2D eigenvalue weighted by atomic mass is 9.71. The molecule has 0 bridgehead atoms. The molecule has 5 rings (SSSR count). The summed E-state index contributed by atoms with van der Waals surface area (Å²) < 4.78 is 33.1. The molecule has 0 saturated heterocycles. The van der Waals surface area contributed by atoms with Gasteiger partial charge in [-0.25, -0.2) is 8.78 Å². The molecule has 2 atom stereocenters. The van der Waals surface area contributed by atoms with Crippen molar-refractivity contribution in [2.75, 3.05) is 12.4 Å². The highest BCUT2D eigenvalue weighted by Crippen LogP contribution is 2.46. The Bertz CT molecular complexity index is 1500. The predicted octanol–water partition coefficient (Wildman–Crippen LogP) is 5.68. The molecule has 3 N–H and O–H groups in total. The molecule has 1 heterocycles. The summed E-state index contributed by atoms with van der Waals surface area (Å²) >= 11 is 0. The number of carbonyl (C=O) groups is 2. The van der Waals surface area contributed by atoms with Gasteiger partial charge in [-0.05, 0) is 54.7 Å². The minimum Gasteiger partial charge on any atom is -0.504 e. The molecule has 0 radical (unpaired) electrons. The van der Waals surface area contributed by atoms with E-state index in [-0.39, 0.29) is 40.9 Å². The number of carbonyl (C=O) groups excluding carboxylic acids is 2. The second kappa shape index (κ2) is 10.1. The van der Waals surface area contributed by atoms with Gasteiger partial charge in [-0.2, -0.15) is 0 Å². The topological polar surface area (TPSA) is 87.7 Å². The summed E-state index contributed by atoms with van der Waals surface area (Å²) in [5.41, 5.74) is 3.30. The normalized spacial score (nSPS) is 19.1. The van der Waals surface area contributed by atoms with Gasteiger partial charge < -0.3 is 20.5 Å². The Morgan fingerprint density at radius 3 is 2.50 bits per heavy atom. The molecule has 0 aromatic heterocycles. The van der Waals surface area contributed by atoms with Crippen LogP contribution in [0.5, 0.6) is 11.5 Å². The first-order valence-electron chi connectivity index (χ1n) is 12.2. The zero-order chi connectivity index (χ0) is 27.0. The summed E-state index contributed by atoms with van der Waals surface area (Å²) in [7, 11) is 1.41. The Kier molecular flexibility index (Phi) is 6.72. The number of aromatic hydroxyl groups is 1. The molecule has 6 nitrogen and oxygen atoms in total. The Labute approximate surface area is 218 Å². The van der Waals surface area contributed by atoms with Gasteiger partial charge in [0, 0.05) is 40.9 Å². The number of allylic oxidation sites excluding steroid dienone is 3. The summed E-state index contributed by atoms with van der Waals surface area (Å²) in [4.78, 5) is 27.3. The number of ether oxygens (including phenoxy) is 1. The number of ketones is 1. The molecule has 3 aromatic carbocycles. The monoisotopic (exact) mass is 516 g/mol. The molecule has 1 amide bonds. The van der Waals surface area contributed by atoms with E-state index in [0.29, 0.717) is 35.0 Å². The Balaban J connectivity index is 1.59. The van der Waals surface area contributed by atoms with Gasteiger partial charge in [-0.1, -0.05) is 36.4 Å². The first-order valence-corrected chi connectivity index (χ1v) is 12.2. The number of anilines is 1. The number of phenols is 1. The standard InChI is InChI=1S/C30H26F2N2O4/c1-16-27(30(37)34-22-10-9-20(31)15-21(22)32)28(18-8-11-24(35)26(14-18)38-2)29-23(33-16)12-19(13-25(29)36)17-6-4-3-5-7-17/h3-11,14-15,19,28,33,35H,12-13H2,1-2H3,(H,34,37). The number of rotatable bonds is 5. The van der Waals surface area contributed by atoms with Crippen molar-refractivity contribution in [2.24, 2.45) is 0 Å². The van der Waals surface area contributed by atoms with Crippen LogP contribution in [0.4, 0.5) is 14.5 Å². The summed E-state index contributed by atoms with van der Waals surface area (Å²) in [6.07, 6.45) is 0.826. The lowest BCUT2D eigenvalue weighted by Crippen LogP contribution is -2.37. The molecule has 3 aromatic rings. The van der Waals surface area contributed by atoms with Crippen LogP contribution in [0.2, 0.25) is 0 Å². The van der Waals surface area contributed by atoms with Crippen molar-refractivity contribution < 1.29 is 28.2 Å². The third kappa shape index (κ3) is 4.65. The second-order valence-electron chi connectivity index (χ2n) is 9.44. The molecule has 0 saturated carbocycles. The van der Waals surface area contributed by atoms with Gasteiger partial charge in [0.25, 0.3) is 5.91 Å². The van der Waals surface area contributed by atoms with E-state index in [0.717, 1.165) is 17.7 Å². The summed E-state index contributed by atoms with van der Waals surface area (Å²) in [5, 5.41) is 16.0. The van der Waals surface area contributed by atoms with E-state index in [1.807, 2.05) is 30.3 Å². The largest absolute Gasteiger partial charge is 0.504 e. The highest BCUT2D eigenvalue weighted by Gasteiger charge is 2.41. The van der Waals surface area contributed by atoms with Crippen LogP contribution in [-0.4, -0.2) is 23.9 Å². The lowest BCUT2D eigenvalue weighted by Gasteiger charge is -2.37. The maximum atomic E-state index is 14.4. The maximum Gasteiger partial charge on any atom is 0.254 e. The number of dihydropyridines is 1. The number of Topliss-reactive ketones (excluding diaryl/α,β-unsaturated/α-hetero) is 1. The maximum absolute atomic E-state index is 14.4. The van der Waals surface area contributed by atoms with Crippen LogP contribution in [0.25, 0.3) is 0 Å². The molecule has 0 spiro atoms. The second-order valence-corrected chi connectivity index (χ2v) is 9.44. The number of hydrogen-bond donors (Lipinski definition) is 3. The van der Waals surface area contributed by atoms with Crippen molar-refractivity contribution in [3.8, 4) is 11.5 Å². The molecular formula is C30H26F2N2O4. The zero-order valence-electron chi connectivity index (χ0n) is 20.8. The Morgan fingerprint density at radius 1 is 1.03 bits per heavy atom. The summed E-state index contributed by atoms with van der Waals surface area (Å²) in [5.74, 6) is -3.15. The van der Waals surface area contributed by atoms with E-state index in [9.17, 15) is 23.5 Å². The third-order valence-electron chi connectivity index (χ3n) is 7.06. The fourth-order valence-corrected chi connectivity index (χ4v) is 5.29. The van der Waals surface area contributed by atoms with E-state index < -0.39 is 23.5 Å². The van der Waals surface area contributed by atoms with Gasteiger partial charge in [0.15, 0.2) is 17.3 Å². The number of methoxy groups -OCH3 is 1. The number of nitrogens with one attached hydrogen (secondary N) is 2. The summed E-state index contributed by atoms with van der Waals surface area (Å²) in [6, 6.07) is 17.3. The molecule has 2 aliphatic rings. The van der Waals surface area contributed by atoms with Crippen LogP contribution >= 0.6 is 0 Å². The SMILES string of the molecule is COc1cc(C2C(C(=O)Nc3ccc(F)cc3F)=C(C)NC3=C2C(=O)CC(c2ccccc2)C3)ccc1O. The van der Waals surface area contributed by atoms with Crippen molar-refractivity contribution in [3.05, 3.63) is 112 Å². The number of amides is 1. The van der Waals surface area contributed by atoms with Crippen LogP contribution in [0.1, 0.15) is 42.7 Å². The average Bonchev–Trinajstić information content (AvgIpc) is 2.90. The average molecular weight is 517 g/mol. The van der Waals surface area contributed by atoms with Crippen molar-refractivity contribution in [1.29, 1.82) is 0 Å². The fraction of sp³-hybridized carbons (Fsp3) is 0.200. The van der Waals surface area contributed by atoms with Gasteiger partial charge in [-0.15, -0.1) is 0 Å². The van der Waals surface area contributed by atoms with Crippen LogP contribution in [-0.2, 0) is 9.59 Å². The van der Waals surface area contributed by atoms with Gasteiger partial charge in [0.05, 0.1) is 12.8 Å². The van der Waals surface area contributed by atoms with Crippen molar-refractivity contribution in [2.45, 2.75) is 31.6 Å². The summed E-state index contributed by atoms with van der Waals surface area (Å²) in [6.45, 7) is 1.72. The van der Waals surface area contributed by atoms with Crippen molar-refractivity contribution >= 4 is 17.4 Å². The molecule has 38 heavy (non-hydrogen) atoms. The van der Waals surface area contributed by atoms with Gasteiger partial charge >= 0.3 is 0 Å².